The Morgan fingerprint density at radius 2 is 2.23 bits per heavy atom. The summed E-state index contributed by atoms with van der Waals surface area (Å²) in [6.45, 7) is 2.01. The largest absolute Gasteiger partial charge is 0.324 e. The molecule has 0 saturated carbocycles. The van der Waals surface area contributed by atoms with Crippen LogP contribution in [0.2, 0.25) is 5.02 Å². The van der Waals surface area contributed by atoms with Crippen LogP contribution in [0.4, 0.5) is 4.39 Å². The van der Waals surface area contributed by atoms with Gasteiger partial charge in [0.2, 0.25) is 0 Å². The Bertz CT molecular complexity index is 268. The van der Waals surface area contributed by atoms with Crippen molar-refractivity contribution in [3.05, 3.63) is 34.6 Å². The monoisotopic (exact) mass is 201 g/mol. The molecule has 0 aromatic heterocycles. The molecule has 0 bridgehead atoms. The molecule has 1 rings (SSSR count). The lowest BCUT2D eigenvalue weighted by Gasteiger charge is -2.13. The van der Waals surface area contributed by atoms with Crippen LogP contribution < -0.4 is 5.73 Å². The second-order valence-corrected chi connectivity index (χ2v) is 3.44. The van der Waals surface area contributed by atoms with Crippen LogP contribution in [0.3, 0.4) is 0 Å². The zero-order chi connectivity index (χ0) is 9.84. The van der Waals surface area contributed by atoms with Crippen LogP contribution >= 0.6 is 11.6 Å². The van der Waals surface area contributed by atoms with Crippen LogP contribution in [0.1, 0.15) is 31.4 Å². The van der Waals surface area contributed by atoms with Crippen molar-refractivity contribution < 1.29 is 4.39 Å². The Kier molecular flexibility index (Phi) is 3.70. The number of halogens is 2. The fourth-order valence-corrected chi connectivity index (χ4v) is 1.62. The van der Waals surface area contributed by atoms with Gasteiger partial charge in [-0.2, -0.15) is 0 Å². The van der Waals surface area contributed by atoms with Crippen molar-refractivity contribution in [2.75, 3.05) is 0 Å². The fraction of sp³-hybridized carbons (Fsp3) is 0.400. The number of hydrogen-bond donors (Lipinski definition) is 1. The first kappa shape index (κ1) is 10.5. The highest BCUT2D eigenvalue weighted by Gasteiger charge is 2.13. The van der Waals surface area contributed by atoms with Crippen LogP contribution in [0.15, 0.2) is 18.2 Å². The Labute approximate surface area is 82.7 Å². The molecule has 0 saturated heterocycles. The molecule has 1 atom stereocenters. The van der Waals surface area contributed by atoms with Crippen LogP contribution in [0.5, 0.6) is 0 Å². The zero-order valence-electron chi connectivity index (χ0n) is 7.56. The minimum absolute atomic E-state index is 0.293. The van der Waals surface area contributed by atoms with Gasteiger partial charge >= 0.3 is 0 Å². The van der Waals surface area contributed by atoms with E-state index in [9.17, 15) is 4.39 Å². The first-order valence-electron chi connectivity index (χ1n) is 4.36. The topological polar surface area (TPSA) is 26.0 Å². The molecular formula is C10H13ClFN. The van der Waals surface area contributed by atoms with E-state index in [-0.39, 0.29) is 11.9 Å². The highest BCUT2D eigenvalue weighted by Crippen LogP contribution is 2.26. The van der Waals surface area contributed by atoms with Gasteiger partial charge in [-0.15, -0.1) is 0 Å². The van der Waals surface area contributed by atoms with E-state index in [1.165, 1.54) is 6.07 Å². The molecule has 0 heterocycles. The van der Waals surface area contributed by atoms with Gasteiger partial charge in [0.25, 0.3) is 0 Å². The van der Waals surface area contributed by atoms with Gasteiger partial charge in [-0.1, -0.05) is 31.0 Å². The van der Waals surface area contributed by atoms with Gasteiger partial charge in [0.1, 0.15) is 5.82 Å². The summed E-state index contributed by atoms with van der Waals surface area (Å²) in [5, 5.41) is 0.418. The maximum atomic E-state index is 13.3. The summed E-state index contributed by atoms with van der Waals surface area (Å²) in [5.74, 6) is -0.312. The molecule has 0 aliphatic rings. The average molecular weight is 202 g/mol. The Morgan fingerprint density at radius 1 is 1.54 bits per heavy atom. The molecule has 0 fully saturated rings. The molecule has 72 valence electrons. The molecule has 2 N–H and O–H groups in total. The number of nitrogens with two attached hydrogens (primary N) is 1. The van der Waals surface area contributed by atoms with Gasteiger partial charge in [-0.3, -0.25) is 0 Å². The van der Waals surface area contributed by atoms with Gasteiger partial charge < -0.3 is 5.73 Å². The smallest absolute Gasteiger partial charge is 0.129 e. The van der Waals surface area contributed by atoms with E-state index in [4.69, 9.17) is 17.3 Å². The van der Waals surface area contributed by atoms with E-state index >= 15 is 0 Å². The molecule has 0 amide bonds. The molecule has 0 radical (unpaired) electrons. The van der Waals surface area contributed by atoms with Crippen molar-refractivity contribution >= 4 is 11.6 Å². The number of hydrogen-bond acceptors (Lipinski definition) is 1. The van der Waals surface area contributed by atoms with Crippen molar-refractivity contribution in [2.45, 2.75) is 25.8 Å². The quantitative estimate of drug-likeness (QED) is 0.798. The Balaban J connectivity index is 2.98. The summed E-state index contributed by atoms with van der Waals surface area (Å²) >= 11 is 5.84. The van der Waals surface area contributed by atoms with Crippen LogP contribution in [-0.2, 0) is 0 Å². The summed E-state index contributed by atoms with van der Waals surface area (Å²) in [7, 11) is 0. The number of rotatable bonds is 3. The summed E-state index contributed by atoms with van der Waals surface area (Å²) in [5.41, 5.74) is 6.22. The normalized spacial score (nSPS) is 12.9. The SMILES string of the molecule is CCC[C@@H](N)c1c(F)cccc1Cl. The van der Waals surface area contributed by atoms with Crippen LogP contribution in [0, 0.1) is 5.82 Å². The second-order valence-electron chi connectivity index (χ2n) is 3.03. The van der Waals surface area contributed by atoms with E-state index in [2.05, 4.69) is 0 Å². The zero-order valence-corrected chi connectivity index (χ0v) is 8.31. The van der Waals surface area contributed by atoms with Crippen molar-refractivity contribution in [2.24, 2.45) is 5.73 Å². The molecule has 0 spiro atoms. The lowest BCUT2D eigenvalue weighted by molar-refractivity contribution is 0.560. The minimum atomic E-state index is -0.312. The van der Waals surface area contributed by atoms with Crippen molar-refractivity contribution in [3.8, 4) is 0 Å². The summed E-state index contributed by atoms with van der Waals surface area (Å²) in [4.78, 5) is 0. The van der Waals surface area contributed by atoms with E-state index < -0.39 is 0 Å². The first-order chi connectivity index (χ1) is 6.16. The maximum Gasteiger partial charge on any atom is 0.129 e. The van der Waals surface area contributed by atoms with E-state index in [1.807, 2.05) is 6.92 Å². The summed E-state index contributed by atoms with van der Waals surface area (Å²) in [6, 6.07) is 4.34. The fourth-order valence-electron chi connectivity index (χ4n) is 1.32. The maximum absolute atomic E-state index is 13.3. The molecule has 3 heteroatoms. The predicted octanol–water partition coefficient (Wildman–Crippen LogP) is 3.28. The third-order valence-electron chi connectivity index (χ3n) is 1.97. The standard InChI is InChI=1S/C10H13ClFN/c1-2-4-9(13)10-7(11)5-3-6-8(10)12/h3,5-6,9H,2,4,13H2,1H3/t9-/m1/s1. The second kappa shape index (κ2) is 4.58. The van der Waals surface area contributed by atoms with Gasteiger partial charge in [-0.25, -0.2) is 4.39 Å². The molecule has 0 aliphatic carbocycles. The molecule has 0 aliphatic heterocycles. The van der Waals surface area contributed by atoms with Crippen LogP contribution in [-0.4, -0.2) is 0 Å². The van der Waals surface area contributed by atoms with E-state index in [0.29, 0.717) is 10.6 Å². The van der Waals surface area contributed by atoms with Gasteiger partial charge in [0, 0.05) is 16.6 Å². The van der Waals surface area contributed by atoms with Gasteiger partial charge in [-0.05, 0) is 18.6 Å². The summed E-state index contributed by atoms with van der Waals surface area (Å²) < 4.78 is 13.3. The van der Waals surface area contributed by atoms with Gasteiger partial charge in [0.05, 0.1) is 0 Å². The highest BCUT2D eigenvalue weighted by molar-refractivity contribution is 6.31. The highest BCUT2D eigenvalue weighted by atomic mass is 35.5. The molecule has 1 aromatic carbocycles. The first-order valence-corrected chi connectivity index (χ1v) is 4.74. The third-order valence-corrected chi connectivity index (χ3v) is 2.30. The minimum Gasteiger partial charge on any atom is -0.324 e. The average Bonchev–Trinajstić information content (AvgIpc) is 2.04. The van der Waals surface area contributed by atoms with Crippen molar-refractivity contribution in [1.82, 2.24) is 0 Å². The third kappa shape index (κ3) is 2.42. The van der Waals surface area contributed by atoms with E-state index in [1.54, 1.807) is 12.1 Å². The Morgan fingerprint density at radius 3 is 2.77 bits per heavy atom. The number of benzene rings is 1. The predicted molar refractivity (Wildman–Crippen MR) is 53.2 cm³/mol. The molecule has 1 aromatic rings. The molecular weight excluding hydrogens is 189 g/mol. The van der Waals surface area contributed by atoms with Gasteiger partial charge in [0.15, 0.2) is 0 Å². The molecule has 1 nitrogen and oxygen atoms in total. The Hall–Kier alpha value is -0.600. The lowest BCUT2D eigenvalue weighted by Crippen LogP contribution is -2.12. The summed E-state index contributed by atoms with van der Waals surface area (Å²) in [6.07, 6.45) is 1.67. The molecule has 0 unspecified atom stereocenters. The lowest BCUT2D eigenvalue weighted by atomic mass is 10.0. The van der Waals surface area contributed by atoms with Crippen molar-refractivity contribution in [3.63, 3.8) is 0 Å². The van der Waals surface area contributed by atoms with E-state index in [0.717, 1.165) is 12.8 Å². The van der Waals surface area contributed by atoms with Crippen LogP contribution in [0.25, 0.3) is 0 Å². The van der Waals surface area contributed by atoms with Crippen molar-refractivity contribution in [1.29, 1.82) is 0 Å². The molecule has 13 heavy (non-hydrogen) atoms.